The van der Waals surface area contributed by atoms with Gasteiger partial charge in [-0.1, -0.05) is 25.5 Å². The number of hydrogen-bond donors (Lipinski definition) is 0. The third-order valence-electron chi connectivity index (χ3n) is 4.16. The number of nitro groups is 1. The topological polar surface area (TPSA) is 117 Å². The third kappa shape index (κ3) is 3.74. The summed E-state index contributed by atoms with van der Waals surface area (Å²) < 4.78 is 35.7. The van der Waals surface area contributed by atoms with Gasteiger partial charge < -0.3 is 8.60 Å². The second-order valence-corrected chi connectivity index (χ2v) is 7.70. The Morgan fingerprint density at radius 1 is 1.18 bits per heavy atom. The maximum atomic E-state index is 12.7. The molecule has 28 heavy (non-hydrogen) atoms. The summed E-state index contributed by atoms with van der Waals surface area (Å²) in [7, 11) is -4.48. The molecule has 0 amide bonds. The van der Waals surface area contributed by atoms with Crippen molar-refractivity contribution in [2.75, 3.05) is 0 Å². The molecule has 0 fully saturated rings. The molecule has 0 atom stereocenters. The Labute approximate surface area is 160 Å². The van der Waals surface area contributed by atoms with Crippen molar-refractivity contribution < 1.29 is 21.9 Å². The highest BCUT2D eigenvalue weighted by Gasteiger charge is 2.30. The summed E-state index contributed by atoms with van der Waals surface area (Å²) in [5.41, 5.74) is 0.0374. The summed E-state index contributed by atoms with van der Waals surface area (Å²) in [5.74, 6) is -0.109. The van der Waals surface area contributed by atoms with Gasteiger partial charge in [0.15, 0.2) is 4.90 Å². The molecule has 0 radical (unpaired) electrons. The Hall–Kier alpha value is -3.20. The molecule has 3 rings (SSSR count). The normalized spacial score (nSPS) is 11.5. The highest BCUT2D eigenvalue weighted by atomic mass is 32.2. The van der Waals surface area contributed by atoms with Gasteiger partial charge >= 0.3 is 15.7 Å². The van der Waals surface area contributed by atoms with Crippen LogP contribution in [0.2, 0.25) is 0 Å². The van der Waals surface area contributed by atoms with E-state index in [1.165, 1.54) is 37.3 Å². The number of nitrogens with zero attached hydrogens (tertiary/aromatic N) is 1. The smallest absolute Gasteiger partial charge is 0.346 e. The zero-order valence-electron chi connectivity index (χ0n) is 15.2. The van der Waals surface area contributed by atoms with E-state index < -0.39 is 31.2 Å². The predicted molar refractivity (Wildman–Crippen MR) is 102 cm³/mol. The lowest BCUT2D eigenvalue weighted by molar-refractivity contribution is -0.388. The molecule has 1 heterocycles. The number of fused-ring (bicyclic) bond motifs is 1. The first-order chi connectivity index (χ1) is 13.2. The number of hydrogen-bond acceptors (Lipinski definition) is 7. The molecule has 0 aliphatic heterocycles. The molecule has 0 spiro atoms. The Bertz CT molecular complexity index is 1230. The fraction of sp³-hybridized carbons (Fsp3) is 0.211. The molecule has 0 saturated heterocycles. The molecule has 0 aliphatic carbocycles. The van der Waals surface area contributed by atoms with Gasteiger partial charge in [-0.05, 0) is 36.6 Å². The minimum absolute atomic E-state index is 0.109. The molecule has 0 N–H and O–H groups in total. The van der Waals surface area contributed by atoms with E-state index in [2.05, 4.69) is 0 Å². The minimum Gasteiger partial charge on any atom is -0.423 e. The first-order valence-electron chi connectivity index (χ1n) is 8.48. The summed E-state index contributed by atoms with van der Waals surface area (Å²) in [4.78, 5) is 21.7. The number of nitro benzene ring substituents is 1. The van der Waals surface area contributed by atoms with E-state index >= 15 is 0 Å². The zero-order chi connectivity index (χ0) is 20.5. The Kier molecular flexibility index (Phi) is 5.19. The average molecular weight is 403 g/mol. The molecule has 0 saturated carbocycles. The molecule has 1 aromatic heterocycles. The molecule has 8 nitrogen and oxygen atoms in total. The highest BCUT2D eigenvalue weighted by Crippen LogP contribution is 2.31. The van der Waals surface area contributed by atoms with Crippen LogP contribution in [-0.2, 0) is 16.5 Å². The first kappa shape index (κ1) is 19.6. The van der Waals surface area contributed by atoms with Crippen LogP contribution in [0, 0.1) is 17.0 Å². The van der Waals surface area contributed by atoms with Gasteiger partial charge in [0.05, 0.1) is 4.92 Å². The van der Waals surface area contributed by atoms with Crippen LogP contribution in [0.3, 0.4) is 0 Å². The monoisotopic (exact) mass is 403 g/mol. The molecular formula is C19H17NO7S. The molecular weight excluding hydrogens is 386 g/mol. The van der Waals surface area contributed by atoms with Gasteiger partial charge in [0.2, 0.25) is 0 Å². The van der Waals surface area contributed by atoms with Crippen LogP contribution in [0.1, 0.15) is 24.5 Å². The lowest BCUT2D eigenvalue weighted by atomic mass is 10.1. The molecule has 0 unspecified atom stereocenters. The van der Waals surface area contributed by atoms with Gasteiger partial charge in [0.25, 0.3) is 5.69 Å². The van der Waals surface area contributed by atoms with Crippen molar-refractivity contribution in [3.8, 4) is 5.75 Å². The minimum atomic E-state index is -4.48. The quantitative estimate of drug-likeness (QED) is 0.266. The molecule has 146 valence electrons. The number of aryl methyl sites for hydroxylation is 2. The third-order valence-corrected chi connectivity index (χ3v) is 5.61. The summed E-state index contributed by atoms with van der Waals surface area (Å²) in [6.07, 6.45) is 1.48. The second-order valence-electron chi connectivity index (χ2n) is 6.22. The summed E-state index contributed by atoms with van der Waals surface area (Å²) >= 11 is 0. The zero-order valence-corrected chi connectivity index (χ0v) is 16.0. The first-order valence-corrected chi connectivity index (χ1v) is 9.89. The van der Waals surface area contributed by atoms with Crippen LogP contribution in [0.5, 0.6) is 5.75 Å². The SMILES string of the molecule is CCCc1cc(=O)oc2cc(OS(=O)(=O)c3c(C)cccc3[N+](=O)[O-])ccc12. The Balaban J connectivity index is 2.08. The molecule has 9 heteroatoms. The maximum Gasteiger partial charge on any atom is 0.346 e. The fourth-order valence-corrected chi connectivity index (χ4v) is 4.31. The number of benzene rings is 2. The lowest BCUT2D eigenvalue weighted by Crippen LogP contribution is -2.13. The van der Waals surface area contributed by atoms with Crippen LogP contribution >= 0.6 is 0 Å². The van der Waals surface area contributed by atoms with Gasteiger partial charge in [0, 0.05) is 23.6 Å². The van der Waals surface area contributed by atoms with E-state index in [0.717, 1.165) is 18.1 Å². The van der Waals surface area contributed by atoms with Crippen LogP contribution in [-0.4, -0.2) is 13.3 Å². The molecule has 0 bridgehead atoms. The van der Waals surface area contributed by atoms with Crippen molar-refractivity contribution in [2.24, 2.45) is 0 Å². The maximum absolute atomic E-state index is 12.7. The standard InChI is InChI=1S/C19H17NO7S/c1-3-5-13-10-18(21)26-17-11-14(8-9-15(13)17)27-28(24,25)19-12(2)6-4-7-16(19)20(22)23/h4,6-11H,3,5H2,1-2H3. The van der Waals surface area contributed by atoms with E-state index in [1.54, 1.807) is 6.07 Å². The van der Waals surface area contributed by atoms with Gasteiger partial charge in [-0.3, -0.25) is 10.1 Å². The van der Waals surface area contributed by atoms with Crippen molar-refractivity contribution in [3.05, 3.63) is 74.1 Å². The molecule has 0 aliphatic rings. The van der Waals surface area contributed by atoms with E-state index in [-0.39, 0.29) is 16.9 Å². The molecule has 3 aromatic rings. The van der Waals surface area contributed by atoms with E-state index in [1.807, 2.05) is 6.92 Å². The average Bonchev–Trinajstić information content (AvgIpc) is 2.60. The van der Waals surface area contributed by atoms with Crippen molar-refractivity contribution >= 4 is 26.8 Å². The Morgan fingerprint density at radius 3 is 2.61 bits per heavy atom. The van der Waals surface area contributed by atoms with E-state index in [0.29, 0.717) is 11.8 Å². The largest absolute Gasteiger partial charge is 0.423 e. The van der Waals surface area contributed by atoms with Gasteiger partial charge in [-0.25, -0.2) is 4.79 Å². The van der Waals surface area contributed by atoms with Crippen molar-refractivity contribution in [3.63, 3.8) is 0 Å². The fourth-order valence-electron chi connectivity index (χ4n) is 3.01. The Morgan fingerprint density at radius 2 is 1.93 bits per heavy atom. The van der Waals surface area contributed by atoms with Gasteiger partial charge in [-0.2, -0.15) is 8.42 Å². The van der Waals surface area contributed by atoms with Crippen LogP contribution in [0.4, 0.5) is 5.69 Å². The summed E-state index contributed by atoms with van der Waals surface area (Å²) in [6.45, 7) is 3.42. The van der Waals surface area contributed by atoms with Gasteiger partial charge in [0.1, 0.15) is 11.3 Å². The number of rotatable bonds is 6. The van der Waals surface area contributed by atoms with Crippen LogP contribution in [0.15, 0.2) is 56.6 Å². The second kappa shape index (κ2) is 7.43. The van der Waals surface area contributed by atoms with E-state index in [4.69, 9.17) is 8.60 Å². The summed E-state index contributed by atoms with van der Waals surface area (Å²) in [5, 5.41) is 11.9. The summed E-state index contributed by atoms with van der Waals surface area (Å²) in [6, 6.07) is 9.65. The van der Waals surface area contributed by atoms with Gasteiger partial charge in [-0.15, -0.1) is 0 Å². The van der Waals surface area contributed by atoms with Crippen LogP contribution < -0.4 is 9.81 Å². The van der Waals surface area contributed by atoms with Crippen molar-refractivity contribution in [1.29, 1.82) is 0 Å². The molecule has 2 aromatic carbocycles. The highest BCUT2D eigenvalue weighted by molar-refractivity contribution is 7.87. The van der Waals surface area contributed by atoms with Crippen molar-refractivity contribution in [2.45, 2.75) is 31.6 Å². The van der Waals surface area contributed by atoms with E-state index in [9.17, 15) is 23.3 Å². The van der Waals surface area contributed by atoms with Crippen LogP contribution in [0.25, 0.3) is 11.0 Å². The van der Waals surface area contributed by atoms with Crippen molar-refractivity contribution in [1.82, 2.24) is 0 Å². The predicted octanol–water partition coefficient (Wildman–Crippen LogP) is 3.73. The lowest BCUT2D eigenvalue weighted by Gasteiger charge is -2.10.